The fourth-order valence-electron chi connectivity index (χ4n) is 2.63. The fraction of sp³-hybridized carbons (Fsp3) is 0.562. The average molecular weight is 294 g/mol. The Morgan fingerprint density at radius 2 is 1.90 bits per heavy atom. The predicted octanol–water partition coefficient (Wildman–Crippen LogP) is 1.55. The van der Waals surface area contributed by atoms with E-state index in [2.05, 4.69) is 9.80 Å². The third-order valence-corrected chi connectivity index (χ3v) is 3.92. The average Bonchev–Trinajstić information content (AvgIpc) is 2.72. The first-order chi connectivity index (χ1) is 10.2. The quantitative estimate of drug-likeness (QED) is 0.771. The van der Waals surface area contributed by atoms with Crippen LogP contribution in [0.5, 0.6) is 0 Å². The molecule has 0 amide bonds. The molecule has 0 bridgehead atoms. The number of ether oxygens (including phenoxy) is 1. The molecule has 1 aliphatic heterocycles. The molecule has 0 aromatic heterocycles. The lowest BCUT2D eigenvalue weighted by molar-refractivity contribution is -0.141. The number of methoxy groups -OCH3 is 1. The number of carbonyl (C=O) groups excluding carboxylic acids is 1. The van der Waals surface area contributed by atoms with Crippen molar-refractivity contribution in [2.75, 3.05) is 46.4 Å². The third-order valence-electron chi connectivity index (χ3n) is 3.92. The van der Waals surface area contributed by atoms with Crippen LogP contribution in [-0.2, 0) is 16.0 Å². The van der Waals surface area contributed by atoms with Gasteiger partial charge in [-0.15, -0.1) is 0 Å². The zero-order valence-electron chi connectivity index (χ0n) is 12.6. The maximum absolute atomic E-state index is 13.6. The van der Waals surface area contributed by atoms with E-state index in [0.29, 0.717) is 6.54 Å². The Bertz CT molecular complexity index is 467. The summed E-state index contributed by atoms with van der Waals surface area (Å²) in [7, 11) is 1.42. The van der Waals surface area contributed by atoms with Gasteiger partial charge in [0, 0.05) is 26.2 Å². The van der Waals surface area contributed by atoms with Crippen LogP contribution in [0.4, 0.5) is 4.39 Å². The number of esters is 1. The SMILES string of the molecule is COC(=O)CN1CCCN(CCc2ccccc2F)CC1. The van der Waals surface area contributed by atoms with Crippen LogP contribution < -0.4 is 0 Å². The Morgan fingerprint density at radius 1 is 1.19 bits per heavy atom. The Kier molecular flexibility index (Phi) is 6.14. The van der Waals surface area contributed by atoms with Gasteiger partial charge in [0.2, 0.25) is 0 Å². The van der Waals surface area contributed by atoms with E-state index in [1.165, 1.54) is 13.2 Å². The van der Waals surface area contributed by atoms with Gasteiger partial charge in [0.15, 0.2) is 0 Å². The summed E-state index contributed by atoms with van der Waals surface area (Å²) >= 11 is 0. The Hall–Kier alpha value is -1.46. The van der Waals surface area contributed by atoms with Crippen LogP contribution in [0.15, 0.2) is 24.3 Å². The summed E-state index contributed by atoms with van der Waals surface area (Å²) in [5.41, 5.74) is 0.771. The topological polar surface area (TPSA) is 32.8 Å². The fourth-order valence-corrected chi connectivity index (χ4v) is 2.63. The van der Waals surface area contributed by atoms with Gasteiger partial charge in [-0.2, -0.15) is 0 Å². The number of carbonyl (C=O) groups is 1. The molecule has 0 aliphatic carbocycles. The first kappa shape index (κ1) is 15.9. The van der Waals surface area contributed by atoms with Crippen LogP contribution in [0.25, 0.3) is 0 Å². The third kappa shape index (κ3) is 5.10. The van der Waals surface area contributed by atoms with Gasteiger partial charge in [-0.1, -0.05) is 18.2 Å². The molecule has 0 atom stereocenters. The molecule has 1 fully saturated rings. The molecule has 1 aliphatic rings. The van der Waals surface area contributed by atoms with Gasteiger partial charge >= 0.3 is 5.97 Å². The van der Waals surface area contributed by atoms with Crippen molar-refractivity contribution in [2.24, 2.45) is 0 Å². The molecule has 21 heavy (non-hydrogen) atoms. The molecule has 0 spiro atoms. The minimum atomic E-state index is -0.185. The van der Waals surface area contributed by atoms with Crippen molar-refractivity contribution >= 4 is 5.97 Å². The first-order valence-corrected chi connectivity index (χ1v) is 7.44. The molecule has 0 saturated carbocycles. The molecular weight excluding hydrogens is 271 g/mol. The molecule has 1 saturated heterocycles. The number of halogens is 1. The summed E-state index contributed by atoms with van der Waals surface area (Å²) in [5, 5.41) is 0. The maximum Gasteiger partial charge on any atom is 0.319 e. The van der Waals surface area contributed by atoms with Crippen LogP contribution in [0.3, 0.4) is 0 Å². The Morgan fingerprint density at radius 3 is 2.67 bits per heavy atom. The van der Waals surface area contributed by atoms with Crippen LogP contribution in [0, 0.1) is 5.82 Å². The van der Waals surface area contributed by atoms with Crippen molar-refractivity contribution in [1.29, 1.82) is 0 Å². The number of nitrogens with zero attached hydrogens (tertiary/aromatic N) is 2. The Labute approximate surface area is 125 Å². The molecule has 116 valence electrons. The van der Waals surface area contributed by atoms with Crippen molar-refractivity contribution in [1.82, 2.24) is 9.80 Å². The van der Waals surface area contributed by atoms with E-state index in [1.54, 1.807) is 6.07 Å². The van der Waals surface area contributed by atoms with E-state index in [0.717, 1.165) is 51.1 Å². The lowest BCUT2D eigenvalue weighted by Crippen LogP contribution is -2.35. The predicted molar refractivity (Wildman–Crippen MR) is 79.6 cm³/mol. The lowest BCUT2D eigenvalue weighted by atomic mass is 10.1. The normalized spacial score (nSPS) is 17.4. The van der Waals surface area contributed by atoms with E-state index >= 15 is 0 Å². The highest BCUT2D eigenvalue weighted by molar-refractivity contribution is 5.71. The van der Waals surface area contributed by atoms with Crippen molar-refractivity contribution in [3.05, 3.63) is 35.6 Å². The Balaban J connectivity index is 1.78. The van der Waals surface area contributed by atoms with Gasteiger partial charge in [-0.05, 0) is 31.0 Å². The summed E-state index contributed by atoms with van der Waals surface area (Å²) in [6, 6.07) is 6.95. The van der Waals surface area contributed by atoms with Crippen molar-refractivity contribution in [3.63, 3.8) is 0 Å². The van der Waals surface area contributed by atoms with Gasteiger partial charge in [0.05, 0.1) is 13.7 Å². The standard InChI is InChI=1S/C16H23FN2O2/c1-21-16(20)13-19-9-4-8-18(11-12-19)10-7-14-5-2-3-6-15(14)17/h2-3,5-6H,4,7-13H2,1H3. The second-order valence-corrected chi connectivity index (χ2v) is 5.39. The van der Waals surface area contributed by atoms with Crippen molar-refractivity contribution < 1.29 is 13.9 Å². The van der Waals surface area contributed by atoms with Crippen LogP contribution in [-0.4, -0.2) is 62.1 Å². The highest BCUT2D eigenvalue weighted by Crippen LogP contribution is 2.09. The van der Waals surface area contributed by atoms with Gasteiger partial charge in [-0.3, -0.25) is 9.69 Å². The maximum atomic E-state index is 13.6. The molecule has 0 radical (unpaired) electrons. The zero-order chi connectivity index (χ0) is 15.1. The van der Waals surface area contributed by atoms with E-state index in [9.17, 15) is 9.18 Å². The summed E-state index contributed by atoms with van der Waals surface area (Å²) in [6.07, 6.45) is 1.75. The molecule has 2 rings (SSSR count). The molecule has 1 heterocycles. The van der Waals surface area contributed by atoms with Gasteiger partial charge in [-0.25, -0.2) is 4.39 Å². The first-order valence-electron chi connectivity index (χ1n) is 7.44. The second-order valence-electron chi connectivity index (χ2n) is 5.39. The highest BCUT2D eigenvalue weighted by Gasteiger charge is 2.17. The summed E-state index contributed by atoms with van der Waals surface area (Å²) in [4.78, 5) is 15.8. The summed E-state index contributed by atoms with van der Waals surface area (Å²) in [6.45, 7) is 4.87. The largest absolute Gasteiger partial charge is 0.468 e. The van der Waals surface area contributed by atoms with Crippen LogP contribution in [0.1, 0.15) is 12.0 Å². The number of hydrogen-bond donors (Lipinski definition) is 0. The van der Waals surface area contributed by atoms with Gasteiger partial charge in [0.1, 0.15) is 5.82 Å². The molecule has 1 aromatic carbocycles. The molecule has 5 heteroatoms. The second kappa shape index (κ2) is 8.10. The summed E-state index contributed by atoms with van der Waals surface area (Å²) < 4.78 is 18.3. The number of rotatable bonds is 5. The smallest absolute Gasteiger partial charge is 0.319 e. The molecule has 1 aromatic rings. The van der Waals surface area contributed by atoms with Crippen molar-refractivity contribution in [2.45, 2.75) is 12.8 Å². The monoisotopic (exact) mass is 294 g/mol. The summed E-state index contributed by atoms with van der Waals surface area (Å²) in [5.74, 6) is -0.311. The lowest BCUT2D eigenvalue weighted by Gasteiger charge is -2.21. The molecule has 0 N–H and O–H groups in total. The number of hydrogen-bond acceptors (Lipinski definition) is 4. The molecule has 4 nitrogen and oxygen atoms in total. The molecule has 0 unspecified atom stereocenters. The van der Waals surface area contributed by atoms with Crippen molar-refractivity contribution in [3.8, 4) is 0 Å². The van der Waals surface area contributed by atoms with Gasteiger partial charge in [0.25, 0.3) is 0 Å². The minimum absolute atomic E-state index is 0.125. The molecular formula is C16H23FN2O2. The van der Waals surface area contributed by atoms with Gasteiger partial charge < -0.3 is 9.64 Å². The van der Waals surface area contributed by atoms with E-state index < -0.39 is 0 Å². The van der Waals surface area contributed by atoms with Crippen LogP contribution >= 0.6 is 0 Å². The van der Waals surface area contributed by atoms with E-state index in [-0.39, 0.29) is 11.8 Å². The van der Waals surface area contributed by atoms with E-state index in [1.807, 2.05) is 12.1 Å². The number of benzene rings is 1. The highest BCUT2D eigenvalue weighted by atomic mass is 19.1. The minimum Gasteiger partial charge on any atom is -0.468 e. The van der Waals surface area contributed by atoms with E-state index in [4.69, 9.17) is 4.74 Å². The zero-order valence-corrected chi connectivity index (χ0v) is 12.6. The van der Waals surface area contributed by atoms with Crippen LogP contribution in [0.2, 0.25) is 0 Å².